The van der Waals surface area contributed by atoms with E-state index in [1.165, 1.54) is 10.8 Å². The highest BCUT2D eigenvalue weighted by Crippen LogP contribution is 2.56. The minimum atomic E-state index is -1.33. The number of benzene rings is 1. The third kappa shape index (κ3) is 3.33. The molecule has 1 spiro atoms. The number of aromatic carboxylic acids is 1. The molecule has 1 aliphatic heterocycles. The molecule has 9 nitrogen and oxygen atoms in total. The van der Waals surface area contributed by atoms with Crippen LogP contribution in [0.25, 0.3) is 33.3 Å². The monoisotopic (exact) mass is 544 g/mol. The van der Waals surface area contributed by atoms with Crippen molar-refractivity contribution in [2.75, 3.05) is 30.4 Å². The summed E-state index contributed by atoms with van der Waals surface area (Å²) in [7, 11) is 3.29. The van der Waals surface area contributed by atoms with E-state index in [9.17, 15) is 19.1 Å². The Balaban J connectivity index is 1.51. The normalized spacial score (nSPS) is 20.7. The van der Waals surface area contributed by atoms with Crippen LogP contribution in [0.5, 0.6) is 0 Å². The standard InChI is InChI=1S/C29H26F2N6O3/c1-33-19-7-18(30)24(31)22-14(19)6-20-23(22)25(37-4-3-29(12-37)8-21(29)32)16(10-34-20)13-5-15-26(38)17(28(39)40)11-36(2)27(15)35-9-13/h5,7,9-11,21,33H,3-4,6,8,12,32H2,1-2H3,(H,39,40)/t21-,29+/m1/s1. The Kier molecular flexibility index (Phi) is 5.12. The summed E-state index contributed by atoms with van der Waals surface area (Å²) >= 11 is 0. The number of hydrogen-bond acceptors (Lipinski definition) is 7. The number of anilines is 2. The summed E-state index contributed by atoms with van der Waals surface area (Å²) in [6.07, 6.45) is 6.64. The van der Waals surface area contributed by atoms with E-state index in [0.717, 1.165) is 18.9 Å². The Morgan fingerprint density at radius 1 is 1.23 bits per heavy atom. The molecular formula is C29H26F2N6O3. The van der Waals surface area contributed by atoms with Crippen LogP contribution < -0.4 is 21.4 Å². The van der Waals surface area contributed by atoms with E-state index in [0.29, 0.717) is 64.5 Å². The number of nitrogens with two attached hydrogens (primary N) is 1. The predicted octanol–water partition coefficient (Wildman–Crippen LogP) is 3.51. The van der Waals surface area contributed by atoms with Gasteiger partial charge in [-0.1, -0.05) is 0 Å². The number of nitrogens with one attached hydrogen (secondary N) is 1. The maximum atomic E-state index is 15.6. The Bertz CT molecular complexity index is 1850. The maximum absolute atomic E-state index is 15.6. The molecule has 4 heterocycles. The van der Waals surface area contributed by atoms with Gasteiger partial charge in [0.1, 0.15) is 11.2 Å². The van der Waals surface area contributed by atoms with E-state index in [4.69, 9.17) is 5.73 Å². The molecule has 2 aliphatic carbocycles. The number of carboxylic acid groups (broad SMARTS) is 1. The molecule has 0 unspecified atom stereocenters. The van der Waals surface area contributed by atoms with Crippen LogP contribution >= 0.6 is 0 Å². The van der Waals surface area contributed by atoms with Crippen molar-refractivity contribution in [1.82, 2.24) is 14.5 Å². The van der Waals surface area contributed by atoms with Gasteiger partial charge in [-0.15, -0.1) is 0 Å². The van der Waals surface area contributed by atoms with Crippen molar-refractivity contribution in [2.45, 2.75) is 25.3 Å². The fourth-order valence-corrected chi connectivity index (χ4v) is 6.57. The highest BCUT2D eigenvalue weighted by Gasteiger charge is 2.56. The topological polar surface area (TPSA) is 126 Å². The summed E-state index contributed by atoms with van der Waals surface area (Å²) < 4.78 is 31.9. The summed E-state index contributed by atoms with van der Waals surface area (Å²) in [6.45, 7) is 1.34. The summed E-state index contributed by atoms with van der Waals surface area (Å²) in [5.74, 6) is -3.21. The van der Waals surface area contributed by atoms with Crippen LogP contribution in [0.1, 0.15) is 34.5 Å². The van der Waals surface area contributed by atoms with Crippen LogP contribution in [0.4, 0.5) is 20.2 Å². The van der Waals surface area contributed by atoms with Gasteiger partial charge >= 0.3 is 5.97 Å². The third-order valence-electron chi connectivity index (χ3n) is 8.83. The molecule has 1 saturated heterocycles. The average Bonchev–Trinajstić information content (AvgIpc) is 3.25. The van der Waals surface area contributed by atoms with Gasteiger partial charge in [0.15, 0.2) is 11.6 Å². The number of carboxylic acids is 1. The maximum Gasteiger partial charge on any atom is 0.341 e. The molecule has 0 bridgehead atoms. The first kappa shape index (κ1) is 24.6. The number of aryl methyl sites for hydroxylation is 1. The molecular weight excluding hydrogens is 518 g/mol. The Labute approximate surface area is 227 Å². The molecule has 4 N–H and O–H groups in total. The molecule has 2 atom stereocenters. The number of rotatable bonds is 4. The number of halogens is 2. The van der Waals surface area contributed by atoms with Gasteiger partial charge in [0.2, 0.25) is 5.43 Å². The van der Waals surface area contributed by atoms with Crippen molar-refractivity contribution in [3.05, 3.63) is 69.4 Å². The number of aromatic nitrogens is 3. The third-order valence-corrected chi connectivity index (χ3v) is 8.83. The largest absolute Gasteiger partial charge is 0.477 e. The van der Waals surface area contributed by atoms with Crippen LogP contribution in [0.15, 0.2) is 35.5 Å². The zero-order valence-electron chi connectivity index (χ0n) is 21.9. The SMILES string of the molecule is CNc1cc(F)c(F)c2c1Cc1ncc(-c3cnc4c(c3)c(=O)c(C(=O)O)cn4C)c(N3CC[C@]4(C[C@H]4N)C3)c1-2. The molecule has 204 valence electrons. The lowest BCUT2D eigenvalue weighted by Gasteiger charge is -2.26. The zero-order valence-corrected chi connectivity index (χ0v) is 21.9. The number of hydrogen-bond donors (Lipinski definition) is 3. The molecule has 7 rings (SSSR count). The van der Waals surface area contributed by atoms with Crippen molar-refractivity contribution < 1.29 is 18.7 Å². The van der Waals surface area contributed by atoms with Gasteiger partial charge in [-0.05, 0) is 24.5 Å². The molecule has 2 fully saturated rings. The Hall–Kier alpha value is -4.38. The van der Waals surface area contributed by atoms with E-state index in [1.54, 1.807) is 32.6 Å². The fraction of sp³-hybridized carbons (Fsp3) is 0.310. The molecule has 3 aromatic heterocycles. The van der Waals surface area contributed by atoms with Crippen LogP contribution in [0.2, 0.25) is 0 Å². The van der Waals surface area contributed by atoms with E-state index in [-0.39, 0.29) is 28.0 Å². The van der Waals surface area contributed by atoms with E-state index in [1.807, 2.05) is 0 Å². The zero-order chi connectivity index (χ0) is 28.1. The number of nitrogens with zero attached hydrogens (tertiary/aromatic N) is 4. The van der Waals surface area contributed by atoms with Crippen LogP contribution in [-0.2, 0) is 13.5 Å². The van der Waals surface area contributed by atoms with Gasteiger partial charge in [-0.25, -0.2) is 18.6 Å². The van der Waals surface area contributed by atoms with Crippen LogP contribution in [-0.4, -0.2) is 51.8 Å². The Morgan fingerprint density at radius 2 is 2.00 bits per heavy atom. The van der Waals surface area contributed by atoms with E-state index < -0.39 is 23.0 Å². The minimum absolute atomic E-state index is 0.0144. The molecule has 0 radical (unpaired) electrons. The number of carbonyl (C=O) groups is 1. The summed E-state index contributed by atoms with van der Waals surface area (Å²) in [5.41, 5.74) is 9.90. The highest BCUT2D eigenvalue weighted by molar-refractivity contribution is 5.98. The lowest BCUT2D eigenvalue weighted by Crippen LogP contribution is -2.24. The van der Waals surface area contributed by atoms with Gasteiger partial charge < -0.3 is 25.6 Å². The van der Waals surface area contributed by atoms with Crippen molar-refractivity contribution in [3.8, 4) is 22.3 Å². The predicted molar refractivity (Wildman–Crippen MR) is 147 cm³/mol. The average molecular weight is 545 g/mol. The lowest BCUT2D eigenvalue weighted by atomic mass is 9.97. The van der Waals surface area contributed by atoms with Crippen LogP contribution in [0.3, 0.4) is 0 Å². The lowest BCUT2D eigenvalue weighted by molar-refractivity contribution is 0.0695. The van der Waals surface area contributed by atoms with Crippen molar-refractivity contribution in [3.63, 3.8) is 0 Å². The number of fused-ring (bicyclic) bond motifs is 4. The molecule has 4 aromatic rings. The second-order valence-electron chi connectivity index (χ2n) is 11.1. The van der Waals surface area contributed by atoms with Gasteiger partial charge in [-0.3, -0.25) is 9.78 Å². The second-order valence-corrected chi connectivity index (χ2v) is 11.1. The summed E-state index contributed by atoms with van der Waals surface area (Å²) in [6, 6.07) is 2.86. The molecule has 0 amide bonds. The van der Waals surface area contributed by atoms with Crippen molar-refractivity contribution in [2.24, 2.45) is 18.2 Å². The smallest absolute Gasteiger partial charge is 0.341 e. The fourth-order valence-electron chi connectivity index (χ4n) is 6.57. The van der Waals surface area contributed by atoms with E-state index in [2.05, 4.69) is 20.2 Å². The summed E-state index contributed by atoms with van der Waals surface area (Å²) in [5, 5.41) is 12.7. The molecule has 3 aliphatic rings. The second kappa shape index (κ2) is 8.31. The first-order valence-corrected chi connectivity index (χ1v) is 13.1. The Morgan fingerprint density at radius 3 is 2.67 bits per heavy atom. The van der Waals surface area contributed by atoms with Gasteiger partial charge in [-0.2, -0.15) is 0 Å². The van der Waals surface area contributed by atoms with Crippen molar-refractivity contribution >= 4 is 28.4 Å². The first-order valence-electron chi connectivity index (χ1n) is 13.1. The molecule has 1 aromatic carbocycles. The molecule has 40 heavy (non-hydrogen) atoms. The minimum Gasteiger partial charge on any atom is -0.477 e. The van der Waals surface area contributed by atoms with E-state index >= 15 is 4.39 Å². The first-order chi connectivity index (χ1) is 19.1. The quantitative estimate of drug-likeness (QED) is 0.314. The molecule has 1 saturated carbocycles. The molecule has 11 heteroatoms. The van der Waals surface area contributed by atoms with Gasteiger partial charge in [0.25, 0.3) is 0 Å². The van der Waals surface area contributed by atoms with Gasteiger partial charge in [0.05, 0.1) is 16.8 Å². The summed E-state index contributed by atoms with van der Waals surface area (Å²) in [4.78, 5) is 36.2. The van der Waals surface area contributed by atoms with Crippen molar-refractivity contribution in [1.29, 1.82) is 0 Å². The highest BCUT2D eigenvalue weighted by atomic mass is 19.2. The number of pyridine rings is 3. The van der Waals surface area contributed by atoms with Gasteiger partial charge in [0, 0.05) is 97.7 Å². The van der Waals surface area contributed by atoms with Crippen LogP contribution in [0, 0.1) is 17.0 Å².